The Hall–Kier alpha value is -2.99. The highest BCUT2D eigenvalue weighted by atomic mass is 16.5. The van der Waals surface area contributed by atoms with Crippen molar-refractivity contribution >= 4 is 5.91 Å². The molecule has 0 aliphatic carbocycles. The van der Waals surface area contributed by atoms with Crippen molar-refractivity contribution < 1.29 is 9.32 Å². The molecule has 0 saturated carbocycles. The zero-order valence-corrected chi connectivity index (χ0v) is 16.6. The molecular weight excluding hydrogens is 352 g/mol. The van der Waals surface area contributed by atoms with Crippen LogP contribution in [0.15, 0.2) is 59.1 Å². The van der Waals surface area contributed by atoms with E-state index in [0.717, 1.165) is 5.56 Å². The molecule has 0 fully saturated rings. The number of aromatic nitrogens is 2. The molecule has 0 unspecified atom stereocenters. The average molecular weight is 378 g/mol. The molecule has 6 nitrogen and oxygen atoms in total. The summed E-state index contributed by atoms with van der Waals surface area (Å²) in [6.45, 7) is 2.58. The number of nitrogens with one attached hydrogen (secondary N) is 1. The number of rotatable bonds is 8. The van der Waals surface area contributed by atoms with Crippen molar-refractivity contribution in [2.75, 3.05) is 20.6 Å². The third-order valence-corrected chi connectivity index (χ3v) is 4.64. The molecule has 0 aliphatic heterocycles. The predicted molar refractivity (Wildman–Crippen MR) is 109 cm³/mol. The summed E-state index contributed by atoms with van der Waals surface area (Å²) in [5.74, 6) is 0.989. The summed E-state index contributed by atoms with van der Waals surface area (Å²) in [5, 5.41) is 7.01. The number of hydrogen-bond acceptors (Lipinski definition) is 5. The normalized spacial score (nSPS) is 12.1. The van der Waals surface area contributed by atoms with E-state index in [0.29, 0.717) is 31.1 Å². The van der Waals surface area contributed by atoms with Crippen molar-refractivity contribution in [1.82, 2.24) is 20.4 Å². The second-order valence-corrected chi connectivity index (χ2v) is 7.07. The number of nitrogens with zero attached hydrogens (tertiary/aromatic N) is 3. The van der Waals surface area contributed by atoms with Gasteiger partial charge in [-0.3, -0.25) is 4.79 Å². The summed E-state index contributed by atoms with van der Waals surface area (Å²) in [6, 6.07) is 18.2. The van der Waals surface area contributed by atoms with Crippen LogP contribution in [0.5, 0.6) is 0 Å². The van der Waals surface area contributed by atoms with E-state index in [1.807, 2.05) is 63.5 Å². The van der Waals surface area contributed by atoms with Gasteiger partial charge in [-0.05, 0) is 26.6 Å². The van der Waals surface area contributed by atoms with E-state index >= 15 is 0 Å². The summed E-state index contributed by atoms with van der Waals surface area (Å²) in [5.41, 5.74) is 3.25. The fourth-order valence-corrected chi connectivity index (χ4v) is 2.97. The molecule has 28 heavy (non-hydrogen) atoms. The summed E-state index contributed by atoms with van der Waals surface area (Å²) < 4.78 is 5.28. The summed E-state index contributed by atoms with van der Waals surface area (Å²) in [4.78, 5) is 18.8. The minimum absolute atomic E-state index is 0.0298. The Morgan fingerprint density at radius 3 is 2.50 bits per heavy atom. The zero-order valence-electron chi connectivity index (χ0n) is 16.6. The van der Waals surface area contributed by atoms with Crippen LogP contribution in [-0.4, -0.2) is 41.6 Å². The first-order valence-electron chi connectivity index (χ1n) is 9.40. The molecule has 0 saturated heterocycles. The molecule has 1 atom stereocenters. The van der Waals surface area contributed by atoms with Gasteiger partial charge in [0, 0.05) is 24.9 Å². The van der Waals surface area contributed by atoms with Crippen LogP contribution < -0.4 is 5.32 Å². The van der Waals surface area contributed by atoms with E-state index in [1.54, 1.807) is 0 Å². The molecule has 3 rings (SSSR count). The van der Waals surface area contributed by atoms with Crippen molar-refractivity contribution in [2.45, 2.75) is 25.8 Å². The predicted octanol–water partition coefficient (Wildman–Crippen LogP) is 3.40. The number of carbonyl (C=O) groups excluding carboxylic acids is 1. The maximum atomic E-state index is 12.3. The van der Waals surface area contributed by atoms with E-state index < -0.39 is 0 Å². The topological polar surface area (TPSA) is 71.3 Å². The highest BCUT2D eigenvalue weighted by Crippen LogP contribution is 2.18. The number of benzene rings is 2. The zero-order chi connectivity index (χ0) is 19.9. The standard InChI is InChI=1S/C22H26N4O2/c1-16-9-11-18(12-10-16)22-24-21(28-25-22)14-13-20(27)23-15-19(26(2)3)17-7-5-4-6-8-17/h4-12,19H,13-15H2,1-3H3,(H,23,27)/t19-/m1/s1. The molecule has 1 aromatic heterocycles. The minimum atomic E-state index is -0.0298. The van der Waals surface area contributed by atoms with E-state index in [9.17, 15) is 4.79 Å². The third-order valence-electron chi connectivity index (χ3n) is 4.64. The number of aryl methyl sites for hydroxylation is 2. The van der Waals surface area contributed by atoms with E-state index in [4.69, 9.17) is 4.52 Å². The van der Waals surface area contributed by atoms with E-state index in [2.05, 4.69) is 32.5 Å². The van der Waals surface area contributed by atoms with Crippen LogP contribution in [0, 0.1) is 6.92 Å². The Labute approximate surface area is 165 Å². The number of likely N-dealkylation sites (N-methyl/N-ethyl adjacent to an activating group) is 1. The molecule has 0 spiro atoms. The average Bonchev–Trinajstić information content (AvgIpc) is 3.17. The van der Waals surface area contributed by atoms with Gasteiger partial charge in [-0.25, -0.2) is 0 Å². The molecule has 0 bridgehead atoms. The van der Waals surface area contributed by atoms with Gasteiger partial charge < -0.3 is 14.7 Å². The fraction of sp³-hybridized carbons (Fsp3) is 0.318. The quantitative estimate of drug-likeness (QED) is 0.650. The van der Waals surface area contributed by atoms with Crippen LogP contribution in [0.4, 0.5) is 0 Å². The lowest BCUT2D eigenvalue weighted by molar-refractivity contribution is -0.121. The van der Waals surface area contributed by atoms with Crippen LogP contribution in [0.2, 0.25) is 0 Å². The number of hydrogen-bond donors (Lipinski definition) is 1. The lowest BCUT2D eigenvalue weighted by atomic mass is 10.1. The maximum Gasteiger partial charge on any atom is 0.227 e. The first-order valence-corrected chi connectivity index (χ1v) is 9.40. The molecule has 1 N–H and O–H groups in total. The maximum absolute atomic E-state index is 12.3. The number of amides is 1. The first-order chi connectivity index (χ1) is 13.5. The Bertz CT molecular complexity index is 888. The van der Waals surface area contributed by atoms with Gasteiger partial charge in [0.15, 0.2) is 0 Å². The molecule has 146 valence electrons. The van der Waals surface area contributed by atoms with Crippen LogP contribution in [0.3, 0.4) is 0 Å². The van der Waals surface area contributed by atoms with Gasteiger partial charge in [-0.15, -0.1) is 0 Å². The second kappa shape index (κ2) is 9.28. The summed E-state index contributed by atoms with van der Waals surface area (Å²) in [6.07, 6.45) is 0.729. The van der Waals surface area contributed by atoms with Crippen LogP contribution in [0.1, 0.15) is 29.5 Å². The van der Waals surface area contributed by atoms with E-state index in [1.165, 1.54) is 11.1 Å². The monoisotopic (exact) mass is 378 g/mol. The first kappa shape index (κ1) is 19.8. The smallest absolute Gasteiger partial charge is 0.227 e. The third kappa shape index (κ3) is 5.27. The molecular formula is C22H26N4O2. The molecule has 2 aromatic carbocycles. The van der Waals surface area contributed by atoms with Gasteiger partial charge in [0.25, 0.3) is 0 Å². The molecule has 1 heterocycles. The van der Waals surface area contributed by atoms with Crippen molar-refractivity contribution in [3.8, 4) is 11.4 Å². The fourth-order valence-electron chi connectivity index (χ4n) is 2.97. The summed E-state index contributed by atoms with van der Waals surface area (Å²) in [7, 11) is 4.02. The van der Waals surface area contributed by atoms with Gasteiger partial charge in [0.1, 0.15) is 0 Å². The van der Waals surface area contributed by atoms with Gasteiger partial charge >= 0.3 is 0 Å². The van der Waals surface area contributed by atoms with Gasteiger partial charge in [-0.1, -0.05) is 65.3 Å². The number of carbonyl (C=O) groups is 1. The Morgan fingerprint density at radius 1 is 1.11 bits per heavy atom. The molecule has 3 aromatic rings. The Kier molecular flexibility index (Phi) is 6.55. The summed E-state index contributed by atoms with van der Waals surface area (Å²) >= 11 is 0. The van der Waals surface area contributed by atoms with Gasteiger partial charge in [-0.2, -0.15) is 4.98 Å². The van der Waals surface area contributed by atoms with E-state index in [-0.39, 0.29) is 11.9 Å². The molecule has 1 amide bonds. The second-order valence-electron chi connectivity index (χ2n) is 7.07. The lowest BCUT2D eigenvalue weighted by Crippen LogP contribution is -2.34. The molecule has 0 radical (unpaired) electrons. The lowest BCUT2D eigenvalue weighted by Gasteiger charge is -2.25. The van der Waals surface area contributed by atoms with Crippen molar-refractivity contribution in [3.63, 3.8) is 0 Å². The SMILES string of the molecule is Cc1ccc(-c2noc(CCC(=O)NC[C@H](c3ccccc3)N(C)C)n2)cc1. The van der Waals surface area contributed by atoms with Gasteiger partial charge in [0.2, 0.25) is 17.6 Å². The van der Waals surface area contributed by atoms with Crippen LogP contribution >= 0.6 is 0 Å². The van der Waals surface area contributed by atoms with Crippen molar-refractivity contribution in [2.24, 2.45) is 0 Å². The highest BCUT2D eigenvalue weighted by Gasteiger charge is 2.16. The Morgan fingerprint density at radius 2 is 1.82 bits per heavy atom. The highest BCUT2D eigenvalue weighted by molar-refractivity contribution is 5.76. The Balaban J connectivity index is 1.51. The van der Waals surface area contributed by atoms with Crippen LogP contribution in [-0.2, 0) is 11.2 Å². The largest absolute Gasteiger partial charge is 0.354 e. The molecule has 0 aliphatic rings. The minimum Gasteiger partial charge on any atom is -0.354 e. The van der Waals surface area contributed by atoms with Crippen LogP contribution in [0.25, 0.3) is 11.4 Å². The van der Waals surface area contributed by atoms with Crippen molar-refractivity contribution in [3.05, 3.63) is 71.6 Å². The molecule has 6 heteroatoms. The van der Waals surface area contributed by atoms with Crippen molar-refractivity contribution in [1.29, 1.82) is 0 Å². The van der Waals surface area contributed by atoms with Gasteiger partial charge in [0.05, 0.1) is 6.04 Å².